The van der Waals surface area contributed by atoms with Gasteiger partial charge in [0.1, 0.15) is 0 Å². The van der Waals surface area contributed by atoms with Gasteiger partial charge in [-0.15, -0.1) is 0 Å². The van der Waals surface area contributed by atoms with Crippen LogP contribution in [-0.4, -0.2) is 77.3 Å². The van der Waals surface area contributed by atoms with Crippen LogP contribution in [0.5, 0.6) is 0 Å². The van der Waals surface area contributed by atoms with Crippen LogP contribution in [0.4, 0.5) is 0 Å². The Morgan fingerprint density at radius 1 is 1.14 bits per heavy atom. The molecular weight excluding hydrogens is 454 g/mol. The molecule has 5 atom stereocenters. The van der Waals surface area contributed by atoms with E-state index in [1.165, 1.54) is 11.1 Å². The van der Waals surface area contributed by atoms with Crippen LogP contribution in [-0.2, 0) is 17.7 Å². The number of hydrogen-bond donors (Lipinski definition) is 2. The number of β-amino-alcohol motifs (C(OH)–C–C–N with tert-alkyl or cyclic N) is 1. The first-order chi connectivity index (χ1) is 17.5. The van der Waals surface area contributed by atoms with Gasteiger partial charge in [0.25, 0.3) is 11.8 Å². The second-order valence-electron chi connectivity index (χ2n) is 10.8. The molecule has 0 aromatic heterocycles. The van der Waals surface area contributed by atoms with Gasteiger partial charge < -0.3 is 25.0 Å². The maximum absolute atomic E-state index is 13.5. The van der Waals surface area contributed by atoms with Crippen molar-refractivity contribution in [1.29, 1.82) is 0 Å². The number of rotatable bonds is 5. The molecule has 2 bridgehead atoms. The number of ether oxygens (including phenoxy) is 1. The first-order valence-electron chi connectivity index (χ1n) is 13.3. The van der Waals surface area contributed by atoms with Gasteiger partial charge in [0.15, 0.2) is 0 Å². The molecule has 4 aliphatic rings. The molecule has 7 heteroatoms. The molecule has 2 N–H and O–H groups in total. The Hall–Kier alpha value is -2.74. The first kappa shape index (κ1) is 23.6. The summed E-state index contributed by atoms with van der Waals surface area (Å²) in [6, 6.07) is 14.1. The van der Waals surface area contributed by atoms with Crippen LogP contribution >= 0.6 is 0 Å². The van der Waals surface area contributed by atoms with Crippen molar-refractivity contribution in [2.45, 2.75) is 69.3 Å². The van der Waals surface area contributed by atoms with Gasteiger partial charge >= 0.3 is 0 Å². The van der Waals surface area contributed by atoms with E-state index in [0.717, 1.165) is 37.8 Å². The third kappa shape index (κ3) is 4.13. The number of nitrogens with zero attached hydrogens (tertiary/aromatic N) is 2. The summed E-state index contributed by atoms with van der Waals surface area (Å²) in [5, 5.41) is 14.5. The minimum absolute atomic E-state index is 0.0532. The van der Waals surface area contributed by atoms with E-state index in [1.54, 1.807) is 11.0 Å². The Morgan fingerprint density at radius 2 is 1.89 bits per heavy atom. The average molecular weight is 490 g/mol. The number of fused-ring (bicyclic) bond motifs is 4. The largest absolute Gasteiger partial charge is 0.390 e. The van der Waals surface area contributed by atoms with E-state index in [1.807, 2.05) is 29.2 Å². The van der Waals surface area contributed by atoms with Gasteiger partial charge in [-0.25, -0.2) is 0 Å². The predicted molar refractivity (Wildman–Crippen MR) is 136 cm³/mol. The fourth-order valence-electron chi connectivity index (χ4n) is 6.57. The molecule has 2 aromatic carbocycles. The van der Waals surface area contributed by atoms with Crippen LogP contribution in [0.15, 0.2) is 42.5 Å². The van der Waals surface area contributed by atoms with Gasteiger partial charge in [0, 0.05) is 42.7 Å². The lowest BCUT2D eigenvalue weighted by atomic mass is 9.85. The molecular formula is C29H35N3O4. The number of nitrogens with one attached hydrogen (secondary N) is 1. The van der Waals surface area contributed by atoms with E-state index >= 15 is 0 Å². The lowest BCUT2D eigenvalue weighted by Gasteiger charge is -2.38. The zero-order chi connectivity index (χ0) is 24.8. The molecule has 2 unspecified atom stereocenters. The molecule has 36 heavy (non-hydrogen) atoms. The lowest BCUT2D eigenvalue weighted by molar-refractivity contribution is -0.00717. The summed E-state index contributed by atoms with van der Waals surface area (Å²) in [7, 11) is 0. The number of aliphatic hydroxyl groups is 1. The highest BCUT2D eigenvalue weighted by molar-refractivity contribution is 6.00. The van der Waals surface area contributed by atoms with Gasteiger partial charge in [-0.3, -0.25) is 9.59 Å². The zero-order valence-electron chi connectivity index (χ0n) is 20.9. The van der Waals surface area contributed by atoms with E-state index < -0.39 is 6.10 Å². The average Bonchev–Trinajstić information content (AvgIpc) is 3.16. The number of carbonyl (C=O) groups is 2. The number of aliphatic hydroxyl groups excluding tert-OH is 1. The van der Waals surface area contributed by atoms with Crippen LogP contribution in [0.25, 0.3) is 0 Å². The second kappa shape index (κ2) is 9.61. The molecule has 4 aliphatic heterocycles. The van der Waals surface area contributed by atoms with Crippen molar-refractivity contribution in [1.82, 2.24) is 15.1 Å². The molecule has 0 spiro atoms. The maximum Gasteiger partial charge on any atom is 0.254 e. The van der Waals surface area contributed by atoms with E-state index in [0.29, 0.717) is 37.4 Å². The van der Waals surface area contributed by atoms with Crippen molar-refractivity contribution in [3.63, 3.8) is 0 Å². The van der Waals surface area contributed by atoms with E-state index in [4.69, 9.17) is 4.74 Å². The third-order valence-electron chi connectivity index (χ3n) is 8.65. The van der Waals surface area contributed by atoms with Crippen molar-refractivity contribution in [3.8, 4) is 0 Å². The van der Waals surface area contributed by atoms with E-state index in [9.17, 15) is 14.7 Å². The lowest BCUT2D eigenvalue weighted by Crippen LogP contribution is -2.52. The summed E-state index contributed by atoms with van der Waals surface area (Å²) in [6.45, 7) is 4.93. The van der Waals surface area contributed by atoms with Crippen molar-refractivity contribution in [3.05, 3.63) is 70.3 Å². The predicted octanol–water partition coefficient (Wildman–Crippen LogP) is 2.71. The second-order valence-corrected chi connectivity index (χ2v) is 10.8. The maximum atomic E-state index is 13.5. The highest BCUT2D eigenvalue weighted by Gasteiger charge is 2.41. The molecule has 0 saturated carbocycles. The van der Waals surface area contributed by atoms with Gasteiger partial charge in [0.05, 0.1) is 31.4 Å². The SMILES string of the molecule is CC[C@H]1CN(C[C@H](O)[C@@H]2Cc3ccccc3CN2)C(=O)c2ccc(C(=O)N3C4CCC3COC4)cc21. The topological polar surface area (TPSA) is 82.1 Å². The number of hydrogen-bond acceptors (Lipinski definition) is 5. The zero-order valence-corrected chi connectivity index (χ0v) is 20.9. The molecule has 2 fully saturated rings. The smallest absolute Gasteiger partial charge is 0.254 e. The highest BCUT2D eigenvalue weighted by Crippen LogP contribution is 2.34. The van der Waals surface area contributed by atoms with Crippen LogP contribution < -0.4 is 5.32 Å². The fourth-order valence-corrected chi connectivity index (χ4v) is 6.57. The molecule has 6 rings (SSSR count). The van der Waals surface area contributed by atoms with Gasteiger partial charge in [-0.2, -0.15) is 0 Å². The first-order valence-corrected chi connectivity index (χ1v) is 13.3. The molecule has 2 amide bonds. The van der Waals surface area contributed by atoms with E-state index in [2.05, 4.69) is 24.4 Å². The monoisotopic (exact) mass is 489 g/mol. The Bertz CT molecular complexity index is 1150. The number of morpholine rings is 1. The highest BCUT2D eigenvalue weighted by atomic mass is 16.5. The molecule has 0 radical (unpaired) electrons. The minimum Gasteiger partial charge on any atom is -0.390 e. The van der Waals surface area contributed by atoms with Gasteiger partial charge in [0.2, 0.25) is 0 Å². The van der Waals surface area contributed by atoms with Crippen LogP contribution in [0, 0.1) is 0 Å². The summed E-state index contributed by atoms with van der Waals surface area (Å²) in [5.74, 6) is 0.131. The number of carbonyl (C=O) groups excluding carboxylic acids is 2. The van der Waals surface area contributed by atoms with Crippen LogP contribution in [0.1, 0.15) is 69.5 Å². The molecule has 190 valence electrons. The Morgan fingerprint density at radius 3 is 2.64 bits per heavy atom. The van der Waals surface area contributed by atoms with Crippen molar-refractivity contribution >= 4 is 11.8 Å². The summed E-state index contributed by atoms with van der Waals surface area (Å²) in [6.07, 6.45) is 2.95. The normalized spacial score (nSPS) is 28.0. The molecule has 7 nitrogen and oxygen atoms in total. The summed E-state index contributed by atoms with van der Waals surface area (Å²) >= 11 is 0. The molecule has 2 aromatic rings. The Labute approximate surface area is 212 Å². The Kier molecular flexibility index (Phi) is 6.32. The van der Waals surface area contributed by atoms with Crippen molar-refractivity contribution in [2.24, 2.45) is 0 Å². The van der Waals surface area contributed by atoms with Crippen molar-refractivity contribution < 1.29 is 19.4 Å². The summed E-state index contributed by atoms with van der Waals surface area (Å²) in [4.78, 5) is 30.7. The molecule has 4 heterocycles. The summed E-state index contributed by atoms with van der Waals surface area (Å²) in [5.41, 5.74) is 4.81. The summed E-state index contributed by atoms with van der Waals surface area (Å²) < 4.78 is 5.65. The van der Waals surface area contributed by atoms with Gasteiger partial charge in [-0.1, -0.05) is 31.2 Å². The van der Waals surface area contributed by atoms with Crippen LogP contribution in [0.2, 0.25) is 0 Å². The minimum atomic E-state index is -0.654. The van der Waals surface area contributed by atoms with Gasteiger partial charge in [-0.05, 0) is 60.6 Å². The van der Waals surface area contributed by atoms with Crippen molar-refractivity contribution in [2.75, 3.05) is 26.3 Å². The number of benzene rings is 2. The quantitative estimate of drug-likeness (QED) is 0.675. The standard InChI is InChI=1S/C29H35N3O4/c1-2-18-14-31(15-27(33)26-12-19-5-3-4-6-21(19)13-30-26)29(35)24-10-7-20(11-25(18)24)28(34)32-22-8-9-23(32)17-36-16-22/h3-7,10-11,18,22-23,26-27,30,33H,2,8-9,12-17H2,1H3/t18-,22?,23?,26-,27-/m0/s1. The third-order valence-corrected chi connectivity index (χ3v) is 8.65. The van der Waals surface area contributed by atoms with Crippen LogP contribution in [0.3, 0.4) is 0 Å². The number of amides is 2. The molecule has 2 saturated heterocycles. The fraction of sp³-hybridized carbons (Fsp3) is 0.517. The van der Waals surface area contributed by atoms with E-state index in [-0.39, 0.29) is 35.9 Å². The Balaban J connectivity index is 1.19. The molecule has 0 aliphatic carbocycles.